The van der Waals surface area contributed by atoms with Crippen molar-refractivity contribution in [2.75, 3.05) is 13.2 Å². The van der Waals surface area contributed by atoms with Gasteiger partial charge in [-0.3, -0.25) is 0 Å². The van der Waals surface area contributed by atoms with Gasteiger partial charge in [0.2, 0.25) is 0 Å². The van der Waals surface area contributed by atoms with Crippen LogP contribution in [0.4, 0.5) is 0 Å². The quantitative estimate of drug-likeness (QED) is 0.510. The first-order valence-electron chi connectivity index (χ1n) is 8.09. The van der Waals surface area contributed by atoms with E-state index in [2.05, 4.69) is 12.1 Å². The lowest BCUT2D eigenvalue weighted by Gasteiger charge is -2.39. The predicted molar refractivity (Wildman–Crippen MR) is 83.7 cm³/mol. The Morgan fingerprint density at radius 1 is 0.913 bits per heavy atom. The van der Waals surface area contributed by atoms with E-state index in [0.29, 0.717) is 6.61 Å². The molecule has 1 aromatic carbocycles. The summed E-state index contributed by atoms with van der Waals surface area (Å²) in [6, 6.07) is 10.3. The van der Waals surface area contributed by atoms with Gasteiger partial charge in [-0.1, -0.05) is 36.8 Å². The number of aliphatic hydroxyl groups is 4. The molecule has 1 aliphatic rings. The molecule has 0 bridgehead atoms. The Hall–Kier alpha value is -1.02. The van der Waals surface area contributed by atoms with Crippen LogP contribution in [0.2, 0.25) is 0 Å². The zero-order valence-corrected chi connectivity index (χ0v) is 13.1. The second-order valence-electron chi connectivity index (χ2n) is 5.86. The van der Waals surface area contributed by atoms with Crippen LogP contribution in [0.3, 0.4) is 0 Å². The highest BCUT2D eigenvalue weighted by Crippen LogP contribution is 2.22. The SMILES string of the molecule is OC[C@H]1O[C@H](OCCCCCc2ccccc2)[C@@H](O)[C@@H](O)[C@@H]1O. The van der Waals surface area contributed by atoms with Crippen LogP contribution >= 0.6 is 0 Å². The summed E-state index contributed by atoms with van der Waals surface area (Å²) in [7, 11) is 0. The number of rotatable bonds is 8. The van der Waals surface area contributed by atoms with Crippen molar-refractivity contribution in [2.45, 2.75) is 56.4 Å². The van der Waals surface area contributed by atoms with Crippen LogP contribution in [0.25, 0.3) is 0 Å². The summed E-state index contributed by atoms with van der Waals surface area (Å²) in [4.78, 5) is 0. The van der Waals surface area contributed by atoms with E-state index in [1.54, 1.807) is 0 Å². The summed E-state index contributed by atoms with van der Waals surface area (Å²) >= 11 is 0. The summed E-state index contributed by atoms with van der Waals surface area (Å²) in [6.45, 7) is -0.0562. The van der Waals surface area contributed by atoms with Gasteiger partial charge in [0.25, 0.3) is 0 Å². The lowest BCUT2D eigenvalue weighted by molar-refractivity contribution is -0.301. The first-order chi connectivity index (χ1) is 11.1. The largest absolute Gasteiger partial charge is 0.394 e. The van der Waals surface area contributed by atoms with Gasteiger partial charge in [-0.15, -0.1) is 0 Å². The molecular weight excluding hydrogens is 300 g/mol. The molecule has 0 saturated carbocycles. The molecule has 0 spiro atoms. The van der Waals surface area contributed by atoms with Gasteiger partial charge in [0.05, 0.1) is 6.61 Å². The van der Waals surface area contributed by atoms with Gasteiger partial charge < -0.3 is 29.9 Å². The van der Waals surface area contributed by atoms with Gasteiger partial charge in [0.1, 0.15) is 24.4 Å². The number of ether oxygens (including phenoxy) is 2. The monoisotopic (exact) mass is 326 g/mol. The fraction of sp³-hybridized carbons (Fsp3) is 0.647. The van der Waals surface area contributed by atoms with E-state index in [0.717, 1.165) is 25.7 Å². The van der Waals surface area contributed by atoms with Crippen LogP contribution in [-0.4, -0.2) is 64.3 Å². The molecule has 6 heteroatoms. The van der Waals surface area contributed by atoms with Crippen molar-refractivity contribution < 1.29 is 29.9 Å². The number of benzene rings is 1. The Bertz CT molecular complexity index is 438. The highest BCUT2D eigenvalue weighted by Gasteiger charge is 2.43. The molecule has 1 heterocycles. The van der Waals surface area contributed by atoms with E-state index in [1.807, 2.05) is 18.2 Å². The van der Waals surface area contributed by atoms with Gasteiger partial charge in [-0.2, -0.15) is 0 Å². The van der Waals surface area contributed by atoms with E-state index in [-0.39, 0.29) is 0 Å². The lowest BCUT2D eigenvalue weighted by Crippen LogP contribution is -2.59. The van der Waals surface area contributed by atoms with Crippen molar-refractivity contribution in [3.05, 3.63) is 35.9 Å². The zero-order valence-electron chi connectivity index (χ0n) is 13.1. The van der Waals surface area contributed by atoms with Gasteiger partial charge in [-0.05, 0) is 24.8 Å². The van der Waals surface area contributed by atoms with Crippen molar-refractivity contribution in [1.29, 1.82) is 0 Å². The maximum atomic E-state index is 9.83. The van der Waals surface area contributed by atoms with Gasteiger partial charge in [-0.25, -0.2) is 0 Å². The minimum Gasteiger partial charge on any atom is -0.394 e. The third-order valence-electron chi connectivity index (χ3n) is 4.08. The smallest absolute Gasteiger partial charge is 0.186 e. The number of unbranched alkanes of at least 4 members (excludes halogenated alkanes) is 2. The number of aryl methyl sites for hydroxylation is 1. The van der Waals surface area contributed by atoms with Crippen LogP contribution in [-0.2, 0) is 15.9 Å². The summed E-state index contributed by atoms with van der Waals surface area (Å²) in [5, 5.41) is 38.3. The Morgan fingerprint density at radius 3 is 2.35 bits per heavy atom. The summed E-state index contributed by atoms with van der Waals surface area (Å²) in [6.07, 6.45) is -2.16. The van der Waals surface area contributed by atoms with E-state index >= 15 is 0 Å². The van der Waals surface area contributed by atoms with Crippen molar-refractivity contribution in [1.82, 2.24) is 0 Å². The van der Waals surface area contributed by atoms with E-state index < -0.39 is 37.3 Å². The zero-order chi connectivity index (χ0) is 16.7. The summed E-state index contributed by atoms with van der Waals surface area (Å²) < 4.78 is 10.7. The molecule has 1 saturated heterocycles. The molecule has 5 atom stereocenters. The highest BCUT2D eigenvalue weighted by atomic mass is 16.7. The molecule has 2 rings (SSSR count). The standard InChI is InChI=1S/C17H26O6/c18-11-13-14(19)15(20)16(21)17(23-13)22-10-6-2-5-9-12-7-3-1-4-8-12/h1,3-4,7-8,13-21H,2,5-6,9-11H2/t13-,14-,15+,16+,17+/m1/s1. The summed E-state index contributed by atoms with van der Waals surface area (Å²) in [5.41, 5.74) is 1.31. The van der Waals surface area contributed by atoms with E-state index in [4.69, 9.17) is 14.6 Å². The van der Waals surface area contributed by atoms with Crippen molar-refractivity contribution in [3.8, 4) is 0 Å². The first-order valence-corrected chi connectivity index (χ1v) is 8.09. The predicted octanol–water partition coefficient (Wildman–Crippen LogP) is 0.216. The molecule has 1 aromatic rings. The maximum Gasteiger partial charge on any atom is 0.186 e. The Balaban J connectivity index is 1.63. The minimum absolute atomic E-state index is 0.386. The second-order valence-corrected chi connectivity index (χ2v) is 5.86. The molecule has 0 unspecified atom stereocenters. The molecule has 1 aliphatic heterocycles. The fourth-order valence-corrected chi connectivity index (χ4v) is 2.66. The van der Waals surface area contributed by atoms with E-state index in [9.17, 15) is 15.3 Å². The third kappa shape index (κ3) is 5.24. The molecule has 0 aromatic heterocycles. The van der Waals surface area contributed by atoms with Crippen molar-refractivity contribution in [3.63, 3.8) is 0 Å². The van der Waals surface area contributed by atoms with Crippen molar-refractivity contribution in [2.24, 2.45) is 0 Å². The molecule has 6 nitrogen and oxygen atoms in total. The Morgan fingerprint density at radius 2 is 1.65 bits per heavy atom. The highest BCUT2D eigenvalue weighted by molar-refractivity contribution is 5.14. The van der Waals surface area contributed by atoms with Gasteiger partial charge in [0, 0.05) is 6.61 Å². The lowest BCUT2D eigenvalue weighted by atomic mass is 9.99. The number of hydrogen-bond acceptors (Lipinski definition) is 6. The Labute approximate surface area is 136 Å². The fourth-order valence-electron chi connectivity index (χ4n) is 2.66. The molecular formula is C17H26O6. The number of aliphatic hydroxyl groups excluding tert-OH is 4. The first kappa shape index (κ1) is 18.3. The molecule has 4 N–H and O–H groups in total. The average molecular weight is 326 g/mol. The van der Waals surface area contributed by atoms with Crippen LogP contribution < -0.4 is 0 Å². The van der Waals surface area contributed by atoms with Gasteiger partial charge >= 0.3 is 0 Å². The molecule has 0 amide bonds. The van der Waals surface area contributed by atoms with E-state index in [1.165, 1.54) is 5.56 Å². The molecule has 1 fully saturated rings. The van der Waals surface area contributed by atoms with Crippen molar-refractivity contribution >= 4 is 0 Å². The maximum absolute atomic E-state index is 9.83. The third-order valence-corrected chi connectivity index (χ3v) is 4.08. The van der Waals surface area contributed by atoms with Crippen LogP contribution in [0, 0.1) is 0 Å². The average Bonchev–Trinajstić information content (AvgIpc) is 2.58. The molecule has 0 aliphatic carbocycles. The minimum atomic E-state index is -1.39. The van der Waals surface area contributed by atoms with Crippen LogP contribution in [0.1, 0.15) is 24.8 Å². The van der Waals surface area contributed by atoms with Gasteiger partial charge in [0.15, 0.2) is 6.29 Å². The summed E-state index contributed by atoms with van der Waals surface area (Å²) in [5.74, 6) is 0. The molecule has 0 radical (unpaired) electrons. The molecule has 23 heavy (non-hydrogen) atoms. The van der Waals surface area contributed by atoms with Crippen LogP contribution in [0.5, 0.6) is 0 Å². The topological polar surface area (TPSA) is 99.4 Å². The second kappa shape index (κ2) is 9.32. The Kier molecular flexibility index (Phi) is 7.42. The normalized spacial score (nSPS) is 31.2. The number of hydrogen-bond donors (Lipinski definition) is 4. The molecule has 130 valence electrons. The van der Waals surface area contributed by atoms with Crippen LogP contribution in [0.15, 0.2) is 30.3 Å².